The van der Waals surface area contributed by atoms with E-state index in [9.17, 15) is 9.59 Å². The molecule has 0 saturated heterocycles. The molecule has 4 nitrogen and oxygen atoms in total. The Morgan fingerprint density at radius 3 is 2.43 bits per heavy atom. The van der Waals surface area contributed by atoms with Crippen LogP contribution in [0.3, 0.4) is 0 Å². The second-order valence-corrected chi connectivity index (χ2v) is 7.73. The van der Waals surface area contributed by atoms with Crippen LogP contribution in [0, 0.1) is 11.3 Å². The molecule has 152 valence electrons. The van der Waals surface area contributed by atoms with Crippen molar-refractivity contribution >= 4 is 24.2 Å². The van der Waals surface area contributed by atoms with E-state index in [1.54, 1.807) is 6.92 Å². The average Bonchev–Trinajstić information content (AvgIpc) is 2.70. The van der Waals surface area contributed by atoms with Gasteiger partial charge in [-0.3, -0.25) is 4.79 Å². The third-order valence-electron chi connectivity index (χ3n) is 4.98. The van der Waals surface area contributed by atoms with Gasteiger partial charge in [0.1, 0.15) is 36.3 Å². The normalized spacial score (nSPS) is 21.1. The van der Waals surface area contributed by atoms with Crippen molar-refractivity contribution in [1.29, 1.82) is 0 Å². The van der Waals surface area contributed by atoms with Crippen LogP contribution in [-0.2, 0) is 20.7 Å². The van der Waals surface area contributed by atoms with Crippen LogP contribution < -0.4 is 4.74 Å². The summed E-state index contributed by atoms with van der Waals surface area (Å²) in [7, 11) is 0. The van der Waals surface area contributed by atoms with Crippen LogP contribution in [0.1, 0.15) is 39.2 Å². The number of thiol groups is 1. The SMILES string of the molecule is CCC(=O)C1C=CC(OCCOc2ccc(CCC(C)=O)cc2)=CC1(C)CS. The lowest BCUT2D eigenvalue weighted by molar-refractivity contribution is -0.123. The number of rotatable bonds is 11. The zero-order valence-electron chi connectivity index (χ0n) is 16.9. The largest absolute Gasteiger partial charge is 0.490 e. The first-order valence-corrected chi connectivity index (χ1v) is 10.4. The van der Waals surface area contributed by atoms with Gasteiger partial charge < -0.3 is 14.3 Å². The van der Waals surface area contributed by atoms with Crippen molar-refractivity contribution in [3.63, 3.8) is 0 Å². The monoisotopic (exact) mass is 402 g/mol. The summed E-state index contributed by atoms with van der Waals surface area (Å²) in [6, 6.07) is 7.78. The predicted molar refractivity (Wildman–Crippen MR) is 115 cm³/mol. The highest BCUT2D eigenvalue weighted by Crippen LogP contribution is 2.37. The summed E-state index contributed by atoms with van der Waals surface area (Å²) >= 11 is 4.44. The number of ketones is 2. The number of hydrogen-bond donors (Lipinski definition) is 1. The van der Waals surface area contributed by atoms with Crippen molar-refractivity contribution in [2.45, 2.75) is 40.0 Å². The van der Waals surface area contributed by atoms with Gasteiger partial charge in [0.05, 0.1) is 0 Å². The van der Waals surface area contributed by atoms with E-state index in [2.05, 4.69) is 12.6 Å². The van der Waals surface area contributed by atoms with E-state index in [0.29, 0.717) is 31.8 Å². The standard InChI is InChI=1S/C23H30O4S/c1-4-22(25)21-12-11-20(15-23(21,3)16-28)27-14-13-26-19-9-7-18(8-10-19)6-5-17(2)24/h7-12,15,21,28H,4-6,13-14,16H2,1-3H3. The number of aryl methyl sites for hydroxylation is 1. The summed E-state index contributed by atoms with van der Waals surface area (Å²) in [6.07, 6.45) is 7.63. The van der Waals surface area contributed by atoms with Crippen molar-refractivity contribution in [3.8, 4) is 5.75 Å². The minimum Gasteiger partial charge on any atom is -0.490 e. The fourth-order valence-corrected chi connectivity index (χ4v) is 3.48. The van der Waals surface area contributed by atoms with Crippen molar-refractivity contribution in [3.05, 3.63) is 53.8 Å². The number of carbonyl (C=O) groups is 2. The summed E-state index contributed by atoms with van der Waals surface area (Å²) in [5, 5.41) is 0. The van der Waals surface area contributed by atoms with E-state index in [-0.39, 0.29) is 22.9 Å². The second kappa shape index (κ2) is 10.5. The Morgan fingerprint density at radius 1 is 1.14 bits per heavy atom. The van der Waals surface area contributed by atoms with E-state index in [1.807, 2.05) is 56.3 Å². The molecular formula is C23H30O4S. The van der Waals surface area contributed by atoms with Crippen LogP contribution in [0.15, 0.2) is 48.3 Å². The third-order valence-corrected chi connectivity index (χ3v) is 5.66. The quantitative estimate of drug-likeness (QED) is 0.434. The smallest absolute Gasteiger partial charge is 0.140 e. The molecule has 0 radical (unpaired) electrons. The van der Waals surface area contributed by atoms with Crippen LogP contribution in [0.4, 0.5) is 0 Å². The van der Waals surface area contributed by atoms with Gasteiger partial charge in [-0.15, -0.1) is 0 Å². The Labute approximate surface area is 173 Å². The number of carbonyl (C=O) groups excluding carboxylic acids is 2. The number of Topliss-reactive ketones (excluding diaryl/α,β-unsaturated/α-hetero) is 2. The Kier molecular flexibility index (Phi) is 8.36. The molecule has 0 aromatic heterocycles. The molecule has 28 heavy (non-hydrogen) atoms. The molecule has 2 unspecified atom stereocenters. The fraction of sp³-hybridized carbons (Fsp3) is 0.478. The first-order chi connectivity index (χ1) is 13.4. The number of benzene rings is 1. The average molecular weight is 403 g/mol. The molecule has 2 rings (SSSR count). The fourth-order valence-electron chi connectivity index (χ4n) is 3.19. The van der Waals surface area contributed by atoms with E-state index in [4.69, 9.17) is 9.47 Å². The maximum Gasteiger partial charge on any atom is 0.140 e. The van der Waals surface area contributed by atoms with E-state index in [0.717, 1.165) is 23.5 Å². The van der Waals surface area contributed by atoms with Crippen molar-refractivity contribution in [1.82, 2.24) is 0 Å². The van der Waals surface area contributed by atoms with Crippen molar-refractivity contribution in [2.75, 3.05) is 19.0 Å². The van der Waals surface area contributed by atoms with Crippen LogP contribution in [0.5, 0.6) is 5.75 Å². The highest BCUT2D eigenvalue weighted by molar-refractivity contribution is 7.80. The van der Waals surface area contributed by atoms with Gasteiger partial charge in [0.2, 0.25) is 0 Å². The summed E-state index contributed by atoms with van der Waals surface area (Å²) in [5.41, 5.74) is 0.787. The molecule has 1 aliphatic carbocycles. The molecule has 1 aromatic rings. The Balaban J connectivity index is 1.81. The van der Waals surface area contributed by atoms with Crippen molar-refractivity contribution in [2.24, 2.45) is 11.3 Å². The molecular weight excluding hydrogens is 372 g/mol. The van der Waals surface area contributed by atoms with E-state index < -0.39 is 0 Å². The minimum atomic E-state index is -0.336. The topological polar surface area (TPSA) is 52.6 Å². The molecule has 0 aliphatic heterocycles. The summed E-state index contributed by atoms with van der Waals surface area (Å²) in [6.45, 7) is 6.37. The predicted octanol–water partition coefficient (Wildman–Crippen LogP) is 4.59. The molecule has 1 aromatic carbocycles. The van der Waals surface area contributed by atoms with Gasteiger partial charge in [0, 0.05) is 29.9 Å². The minimum absolute atomic E-state index is 0.153. The maximum atomic E-state index is 12.2. The van der Waals surface area contributed by atoms with E-state index >= 15 is 0 Å². The van der Waals surface area contributed by atoms with Gasteiger partial charge in [-0.25, -0.2) is 0 Å². The van der Waals surface area contributed by atoms with Gasteiger partial charge in [0.25, 0.3) is 0 Å². The van der Waals surface area contributed by atoms with Crippen molar-refractivity contribution < 1.29 is 19.1 Å². The number of hydrogen-bond acceptors (Lipinski definition) is 5. The van der Waals surface area contributed by atoms with E-state index in [1.165, 1.54) is 0 Å². The molecule has 2 atom stereocenters. The summed E-state index contributed by atoms with van der Waals surface area (Å²) in [5.74, 6) is 2.37. The third kappa shape index (κ3) is 6.26. The number of ether oxygens (including phenoxy) is 2. The van der Waals surface area contributed by atoms with Gasteiger partial charge in [-0.05, 0) is 43.2 Å². The summed E-state index contributed by atoms with van der Waals surface area (Å²) < 4.78 is 11.5. The second-order valence-electron chi connectivity index (χ2n) is 7.41. The zero-order chi connectivity index (χ0) is 20.6. The van der Waals surface area contributed by atoms with Crippen LogP contribution >= 0.6 is 12.6 Å². The highest BCUT2D eigenvalue weighted by atomic mass is 32.1. The lowest BCUT2D eigenvalue weighted by Gasteiger charge is -2.34. The van der Waals surface area contributed by atoms with Gasteiger partial charge in [-0.2, -0.15) is 12.6 Å². The lowest BCUT2D eigenvalue weighted by atomic mass is 9.73. The lowest BCUT2D eigenvalue weighted by Crippen LogP contribution is -2.34. The number of allylic oxidation sites excluding steroid dienone is 3. The van der Waals surface area contributed by atoms with Crippen LogP contribution in [0.25, 0.3) is 0 Å². The Hall–Kier alpha value is -2.01. The zero-order valence-corrected chi connectivity index (χ0v) is 17.8. The van der Waals surface area contributed by atoms with Gasteiger partial charge in [-0.1, -0.05) is 32.1 Å². The first kappa shape index (κ1) is 22.3. The molecule has 0 N–H and O–H groups in total. The Bertz CT molecular complexity index is 735. The van der Waals surface area contributed by atoms with Gasteiger partial charge in [0.15, 0.2) is 0 Å². The molecule has 0 bridgehead atoms. The molecule has 0 saturated carbocycles. The highest BCUT2D eigenvalue weighted by Gasteiger charge is 2.36. The molecule has 1 aliphatic rings. The molecule has 0 heterocycles. The van der Waals surface area contributed by atoms with Crippen LogP contribution in [-0.4, -0.2) is 30.5 Å². The molecule has 0 amide bonds. The summed E-state index contributed by atoms with van der Waals surface area (Å²) in [4.78, 5) is 23.2. The first-order valence-electron chi connectivity index (χ1n) is 9.76. The molecule has 5 heteroatoms. The maximum absolute atomic E-state index is 12.2. The molecule has 0 spiro atoms. The Morgan fingerprint density at radius 2 is 1.82 bits per heavy atom. The van der Waals surface area contributed by atoms with Crippen LogP contribution in [0.2, 0.25) is 0 Å². The van der Waals surface area contributed by atoms with Gasteiger partial charge >= 0.3 is 0 Å². The molecule has 0 fully saturated rings.